The van der Waals surface area contributed by atoms with Crippen LogP contribution < -0.4 is 5.32 Å². The molecule has 20 heavy (non-hydrogen) atoms. The first-order valence-electron chi connectivity index (χ1n) is 7.80. The first-order chi connectivity index (χ1) is 9.67. The van der Waals surface area contributed by atoms with E-state index in [0.29, 0.717) is 0 Å². The molecule has 0 bridgehead atoms. The van der Waals surface area contributed by atoms with E-state index in [2.05, 4.69) is 50.4 Å². The van der Waals surface area contributed by atoms with Gasteiger partial charge in [-0.25, -0.2) is 0 Å². The first kappa shape index (κ1) is 15.0. The van der Waals surface area contributed by atoms with Gasteiger partial charge < -0.3 is 4.90 Å². The standard InChI is InChI=1S/C17H26N2O/c1-4-6-7-11-19-16(18-15(5-2)17(19)20)14-10-8-9-13(3)12-14/h8-10,12,15-16,18H,4-7,11H2,1-3H3. The lowest BCUT2D eigenvalue weighted by atomic mass is 10.1. The number of aryl methyl sites for hydroxylation is 1. The van der Waals surface area contributed by atoms with Crippen LogP contribution in [0.2, 0.25) is 0 Å². The quantitative estimate of drug-likeness (QED) is 0.806. The number of carbonyl (C=O) groups is 1. The van der Waals surface area contributed by atoms with Gasteiger partial charge in [-0.05, 0) is 25.3 Å². The highest BCUT2D eigenvalue weighted by atomic mass is 16.2. The van der Waals surface area contributed by atoms with Gasteiger partial charge in [-0.1, -0.05) is 56.5 Å². The molecule has 0 radical (unpaired) electrons. The van der Waals surface area contributed by atoms with E-state index in [4.69, 9.17) is 0 Å². The Balaban J connectivity index is 2.17. The Hall–Kier alpha value is -1.35. The molecule has 1 aromatic carbocycles. The first-order valence-corrected chi connectivity index (χ1v) is 7.80. The van der Waals surface area contributed by atoms with E-state index in [1.807, 2.05) is 4.90 Å². The molecule has 2 atom stereocenters. The van der Waals surface area contributed by atoms with Gasteiger partial charge >= 0.3 is 0 Å². The van der Waals surface area contributed by atoms with Crippen molar-refractivity contribution in [2.24, 2.45) is 0 Å². The van der Waals surface area contributed by atoms with Crippen LogP contribution in [0.4, 0.5) is 0 Å². The monoisotopic (exact) mass is 274 g/mol. The van der Waals surface area contributed by atoms with Gasteiger partial charge in [-0.3, -0.25) is 10.1 Å². The van der Waals surface area contributed by atoms with E-state index in [1.54, 1.807) is 0 Å². The van der Waals surface area contributed by atoms with E-state index >= 15 is 0 Å². The molecule has 1 aliphatic rings. The summed E-state index contributed by atoms with van der Waals surface area (Å²) < 4.78 is 0. The number of rotatable bonds is 6. The number of hydrogen-bond donors (Lipinski definition) is 1. The number of unbranched alkanes of at least 4 members (excludes halogenated alkanes) is 2. The average Bonchev–Trinajstić information content (AvgIpc) is 2.76. The van der Waals surface area contributed by atoms with Gasteiger partial charge in [0.1, 0.15) is 6.17 Å². The van der Waals surface area contributed by atoms with Crippen molar-refractivity contribution in [1.29, 1.82) is 0 Å². The van der Waals surface area contributed by atoms with Crippen molar-refractivity contribution < 1.29 is 4.79 Å². The van der Waals surface area contributed by atoms with E-state index in [-0.39, 0.29) is 18.1 Å². The minimum absolute atomic E-state index is 0.0258. The second-order valence-electron chi connectivity index (χ2n) is 5.68. The minimum Gasteiger partial charge on any atom is -0.322 e. The maximum atomic E-state index is 12.5. The summed E-state index contributed by atoms with van der Waals surface area (Å²) in [6.07, 6.45) is 4.35. The smallest absolute Gasteiger partial charge is 0.241 e. The molecule has 1 N–H and O–H groups in total. The second-order valence-corrected chi connectivity index (χ2v) is 5.68. The molecule has 2 rings (SSSR count). The molecule has 0 aliphatic carbocycles. The van der Waals surface area contributed by atoms with Crippen LogP contribution in [-0.2, 0) is 4.79 Å². The summed E-state index contributed by atoms with van der Waals surface area (Å²) in [4.78, 5) is 14.5. The fourth-order valence-electron chi connectivity index (χ4n) is 2.86. The van der Waals surface area contributed by atoms with Crippen molar-refractivity contribution in [1.82, 2.24) is 10.2 Å². The predicted octanol–water partition coefficient (Wildman–Crippen LogP) is 3.39. The molecule has 1 saturated heterocycles. The third-order valence-corrected chi connectivity index (χ3v) is 4.02. The Morgan fingerprint density at radius 3 is 2.70 bits per heavy atom. The number of nitrogens with zero attached hydrogens (tertiary/aromatic N) is 1. The Morgan fingerprint density at radius 2 is 2.05 bits per heavy atom. The Kier molecular flexibility index (Phi) is 5.18. The van der Waals surface area contributed by atoms with Gasteiger partial charge in [-0.2, -0.15) is 0 Å². The summed E-state index contributed by atoms with van der Waals surface area (Å²) >= 11 is 0. The maximum absolute atomic E-state index is 12.5. The zero-order chi connectivity index (χ0) is 14.5. The minimum atomic E-state index is -0.0258. The largest absolute Gasteiger partial charge is 0.322 e. The van der Waals surface area contributed by atoms with Crippen LogP contribution in [0.15, 0.2) is 24.3 Å². The summed E-state index contributed by atoms with van der Waals surface area (Å²) in [7, 11) is 0. The lowest BCUT2D eigenvalue weighted by Crippen LogP contribution is -2.31. The lowest BCUT2D eigenvalue weighted by molar-refractivity contribution is -0.130. The normalized spacial score (nSPS) is 22.6. The highest BCUT2D eigenvalue weighted by Gasteiger charge is 2.37. The molecule has 0 saturated carbocycles. The lowest BCUT2D eigenvalue weighted by Gasteiger charge is -2.24. The zero-order valence-electron chi connectivity index (χ0n) is 12.9. The fraction of sp³-hybridized carbons (Fsp3) is 0.588. The van der Waals surface area contributed by atoms with Crippen LogP contribution >= 0.6 is 0 Å². The topological polar surface area (TPSA) is 32.3 Å². The van der Waals surface area contributed by atoms with Crippen LogP contribution in [0.3, 0.4) is 0 Å². The maximum Gasteiger partial charge on any atom is 0.241 e. The van der Waals surface area contributed by atoms with Crippen molar-refractivity contribution >= 4 is 5.91 Å². The molecule has 1 fully saturated rings. The van der Waals surface area contributed by atoms with E-state index in [1.165, 1.54) is 24.0 Å². The Labute approximate surface area is 122 Å². The van der Waals surface area contributed by atoms with Crippen LogP contribution in [-0.4, -0.2) is 23.4 Å². The highest BCUT2D eigenvalue weighted by molar-refractivity contribution is 5.84. The van der Waals surface area contributed by atoms with Gasteiger partial charge in [0.2, 0.25) is 5.91 Å². The molecule has 1 aromatic rings. The number of nitrogens with one attached hydrogen (secondary N) is 1. The zero-order valence-corrected chi connectivity index (χ0v) is 12.9. The summed E-state index contributed by atoms with van der Waals surface area (Å²) in [6.45, 7) is 7.21. The van der Waals surface area contributed by atoms with Crippen molar-refractivity contribution in [3.8, 4) is 0 Å². The van der Waals surface area contributed by atoms with Crippen molar-refractivity contribution in [2.75, 3.05) is 6.54 Å². The van der Waals surface area contributed by atoms with E-state index in [9.17, 15) is 4.79 Å². The fourth-order valence-corrected chi connectivity index (χ4v) is 2.86. The molecule has 1 aliphatic heterocycles. The molecule has 2 unspecified atom stereocenters. The third-order valence-electron chi connectivity index (χ3n) is 4.02. The molecule has 1 heterocycles. The van der Waals surface area contributed by atoms with Crippen molar-refractivity contribution in [2.45, 2.75) is 58.7 Å². The summed E-state index contributed by atoms with van der Waals surface area (Å²) in [6, 6.07) is 8.43. The van der Waals surface area contributed by atoms with Gasteiger partial charge in [-0.15, -0.1) is 0 Å². The molecule has 3 nitrogen and oxygen atoms in total. The second kappa shape index (κ2) is 6.89. The molecule has 3 heteroatoms. The van der Waals surface area contributed by atoms with Gasteiger partial charge in [0.05, 0.1) is 6.04 Å². The molecule has 0 spiro atoms. The summed E-state index contributed by atoms with van der Waals surface area (Å²) in [5, 5.41) is 3.49. The number of amides is 1. The predicted molar refractivity (Wildman–Crippen MR) is 82.4 cm³/mol. The highest BCUT2D eigenvalue weighted by Crippen LogP contribution is 2.27. The van der Waals surface area contributed by atoms with Gasteiger partial charge in [0.25, 0.3) is 0 Å². The molecule has 0 aromatic heterocycles. The van der Waals surface area contributed by atoms with Gasteiger partial charge in [0.15, 0.2) is 0 Å². The Morgan fingerprint density at radius 1 is 1.25 bits per heavy atom. The van der Waals surface area contributed by atoms with Crippen LogP contribution in [0.25, 0.3) is 0 Å². The number of carbonyl (C=O) groups excluding carboxylic acids is 1. The molecule has 1 amide bonds. The summed E-state index contributed by atoms with van der Waals surface area (Å²) in [5.41, 5.74) is 2.44. The molecular formula is C17H26N2O. The molecule has 110 valence electrons. The van der Waals surface area contributed by atoms with Crippen molar-refractivity contribution in [3.63, 3.8) is 0 Å². The average molecular weight is 274 g/mol. The number of hydrogen-bond acceptors (Lipinski definition) is 2. The Bertz CT molecular complexity index is 458. The van der Waals surface area contributed by atoms with Crippen LogP contribution in [0.1, 0.15) is 56.8 Å². The SMILES string of the molecule is CCCCCN1C(=O)C(CC)NC1c1cccc(C)c1. The van der Waals surface area contributed by atoms with E-state index in [0.717, 1.165) is 19.4 Å². The van der Waals surface area contributed by atoms with Crippen LogP contribution in [0, 0.1) is 6.92 Å². The third kappa shape index (κ3) is 3.21. The van der Waals surface area contributed by atoms with Gasteiger partial charge in [0, 0.05) is 6.54 Å². The molecular weight excluding hydrogens is 248 g/mol. The number of benzene rings is 1. The van der Waals surface area contributed by atoms with E-state index < -0.39 is 0 Å². The van der Waals surface area contributed by atoms with Crippen molar-refractivity contribution in [3.05, 3.63) is 35.4 Å². The summed E-state index contributed by atoms with van der Waals surface area (Å²) in [5.74, 6) is 0.259. The van der Waals surface area contributed by atoms with Crippen LogP contribution in [0.5, 0.6) is 0 Å².